The number of carbonyl (C=O) groups is 2. The molecular formula is C29H28N4O2. The van der Waals surface area contributed by atoms with Crippen LogP contribution in [-0.4, -0.2) is 57.8 Å². The average molecular weight is 465 g/mol. The lowest BCUT2D eigenvalue weighted by Gasteiger charge is -2.35. The Bertz CT molecular complexity index is 1320. The molecule has 2 aromatic heterocycles. The fraction of sp³-hybridized carbons (Fsp3) is 0.241. The van der Waals surface area contributed by atoms with Crippen LogP contribution in [0.3, 0.4) is 0 Å². The van der Waals surface area contributed by atoms with Gasteiger partial charge in [-0.2, -0.15) is 0 Å². The van der Waals surface area contributed by atoms with Crippen LogP contribution < -0.4 is 0 Å². The normalized spacial score (nSPS) is 13.7. The molecule has 6 heteroatoms. The second kappa shape index (κ2) is 10.5. The van der Waals surface area contributed by atoms with E-state index in [4.69, 9.17) is 4.98 Å². The van der Waals surface area contributed by atoms with Crippen molar-refractivity contribution in [2.24, 2.45) is 0 Å². The summed E-state index contributed by atoms with van der Waals surface area (Å²) in [6.45, 7) is 2.19. The Morgan fingerprint density at radius 2 is 1.57 bits per heavy atom. The number of pyridine rings is 2. The number of hydrogen-bond acceptors (Lipinski definition) is 4. The first-order chi connectivity index (χ1) is 17.2. The van der Waals surface area contributed by atoms with E-state index >= 15 is 0 Å². The highest BCUT2D eigenvalue weighted by molar-refractivity contribution is 6.07. The van der Waals surface area contributed by atoms with E-state index in [9.17, 15) is 9.59 Å². The van der Waals surface area contributed by atoms with Gasteiger partial charge >= 0.3 is 0 Å². The quantitative estimate of drug-likeness (QED) is 0.418. The summed E-state index contributed by atoms with van der Waals surface area (Å²) in [4.78, 5) is 39.0. The van der Waals surface area contributed by atoms with Gasteiger partial charge in [0.25, 0.3) is 5.91 Å². The molecule has 1 fully saturated rings. The maximum atomic E-state index is 13.6. The van der Waals surface area contributed by atoms with Crippen molar-refractivity contribution in [1.82, 2.24) is 19.8 Å². The van der Waals surface area contributed by atoms with Crippen LogP contribution in [0.25, 0.3) is 22.2 Å². The van der Waals surface area contributed by atoms with Gasteiger partial charge in [-0.15, -0.1) is 0 Å². The molecule has 0 aliphatic carbocycles. The minimum atomic E-state index is -0.0232. The van der Waals surface area contributed by atoms with Crippen LogP contribution in [0.5, 0.6) is 0 Å². The monoisotopic (exact) mass is 464 g/mol. The van der Waals surface area contributed by atoms with E-state index in [1.807, 2.05) is 70.5 Å². The first-order valence-electron chi connectivity index (χ1n) is 12.1. The van der Waals surface area contributed by atoms with E-state index in [0.29, 0.717) is 38.2 Å². The van der Waals surface area contributed by atoms with E-state index in [2.05, 4.69) is 17.1 Å². The summed E-state index contributed by atoms with van der Waals surface area (Å²) < 4.78 is 0. The van der Waals surface area contributed by atoms with Gasteiger partial charge in [-0.3, -0.25) is 14.6 Å². The maximum absolute atomic E-state index is 13.6. The van der Waals surface area contributed by atoms with E-state index in [-0.39, 0.29) is 11.8 Å². The third-order valence-corrected chi connectivity index (χ3v) is 6.52. The average Bonchev–Trinajstić information content (AvgIpc) is 2.93. The smallest absolute Gasteiger partial charge is 0.254 e. The van der Waals surface area contributed by atoms with Gasteiger partial charge in [0.05, 0.1) is 16.8 Å². The minimum Gasteiger partial charge on any atom is -0.339 e. The maximum Gasteiger partial charge on any atom is 0.254 e. The first kappa shape index (κ1) is 22.7. The van der Waals surface area contributed by atoms with Gasteiger partial charge in [0.15, 0.2) is 0 Å². The number of carbonyl (C=O) groups excluding carboxylic acids is 2. The summed E-state index contributed by atoms with van der Waals surface area (Å²) in [5.41, 5.74) is 4.28. The van der Waals surface area contributed by atoms with Crippen molar-refractivity contribution < 1.29 is 9.59 Å². The summed E-state index contributed by atoms with van der Waals surface area (Å²) in [6, 6.07) is 23.6. The first-order valence-corrected chi connectivity index (χ1v) is 12.1. The van der Waals surface area contributed by atoms with Crippen molar-refractivity contribution in [2.75, 3.05) is 26.2 Å². The van der Waals surface area contributed by atoms with Crippen LogP contribution >= 0.6 is 0 Å². The van der Waals surface area contributed by atoms with Crippen molar-refractivity contribution in [3.8, 4) is 11.3 Å². The third-order valence-electron chi connectivity index (χ3n) is 6.52. The number of benzene rings is 2. The Labute approximate surface area is 205 Å². The Kier molecular flexibility index (Phi) is 6.80. The number of nitrogens with zero attached hydrogens (tertiary/aromatic N) is 4. The number of aryl methyl sites for hydroxylation is 1. The molecule has 1 aliphatic rings. The van der Waals surface area contributed by atoms with Crippen molar-refractivity contribution in [3.63, 3.8) is 0 Å². The van der Waals surface area contributed by atoms with Crippen molar-refractivity contribution in [2.45, 2.75) is 19.3 Å². The van der Waals surface area contributed by atoms with Gasteiger partial charge in [0, 0.05) is 55.9 Å². The highest BCUT2D eigenvalue weighted by Crippen LogP contribution is 2.26. The van der Waals surface area contributed by atoms with Crippen LogP contribution in [-0.2, 0) is 11.2 Å². The second-order valence-electron chi connectivity index (χ2n) is 8.83. The van der Waals surface area contributed by atoms with E-state index in [1.165, 1.54) is 5.56 Å². The second-order valence-corrected chi connectivity index (χ2v) is 8.83. The van der Waals surface area contributed by atoms with Crippen LogP contribution in [0.1, 0.15) is 28.8 Å². The molecule has 6 nitrogen and oxygen atoms in total. The molecule has 3 heterocycles. The molecule has 0 unspecified atom stereocenters. The number of amides is 2. The molecule has 0 spiro atoms. The lowest BCUT2D eigenvalue weighted by molar-refractivity contribution is -0.132. The molecule has 0 N–H and O–H groups in total. The summed E-state index contributed by atoms with van der Waals surface area (Å²) in [7, 11) is 0. The molecule has 176 valence electrons. The molecule has 2 aromatic carbocycles. The summed E-state index contributed by atoms with van der Waals surface area (Å²) in [5.74, 6) is 0.145. The molecule has 35 heavy (non-hydrogen) atoms. The number of rotatable bonds is 6. The Morgan fingerprint density at radius 1 is 0.829 bits per heavy atom. The molecule has 2 amide bonds. The van der Waals surface area contributed by atoms with Gasteiger partial charge in [-0.25, -0.2) is 4.98 Å². The Morgan fingerprint density at radius 3 is 2.34 bits per heavy atom. The summed E-state index contributed by atoms with van der Waals surface area (Å²) in [5, 5.41) is 0.838. The zero-order valence-corrected chi connectivity index (χ0v) is 19.6. The van der Waals surface area contributed by atoms with Gasteiger partial charge in [0.1, 0.15) is 0 Å². The standard InChI is InChI=1S/C29H28N4O2/c34-28(14-6-10-22-8-2-1-3-9-22)32-16-18-33(19-17-32)29(35)25-20-27(23-11-7-15-30-21-23)31-26-13-5-4-12-24(25)26/h1-5,7-9,11-13,15,20-21H,6,10,14,16-19H2. The zero-order chi connectivity index (χ0) is 24.0. The van der Waals surface area contributed by atoms with Crippen molar-refractivity contribution in [3.05, 3.63) is 96.3 Å². The number of piperazine rings is 1. The van der Waals surface area contributed by atoms with Gasteiger partial charge < -0.3 is 9.80 Å². The molecule has 0 saturated carbocycles. The lowest BCUT2D eigenvalue weighted by Crippen LogP contribution is -2.50. The molecule has 0 atom stereocenters. The number of fused-ring (bicyclic) bond motifs is 1. The summed E-state index contributed by atoms with van der Waals surface area (Å²) in [6.07, 6.45) is 5.75. The number of para-hydroxylation sites is 1. The Balaban J connectivity index is 1.25. The van der Waals surface area contributed by atoms with E-state index in [0.717, 1.165) is 35.0 Å². The number of hydrogen-bond donors (Lipinski definition) is 0. The third kappa shape index (κ3) is 5.22. The molecule has 4 aromatic rings. The molecule has 0 bridgehead atoms. The van der Waals surface area contributed by atoms with Crippen LogP contribution in [0, 0.1) is 0 Å². The largest absolute Gasteiger partial charge is 0.339 e. The van der Waals surface area contributed by atoms with Crippen molar-refractivity contribution in [1.29, 1.82) is 0 Å². The number of aromatic nitrogens is 2. The fourth-order valence-electron chi connectivity index (χ4n) is 4.59. The van der Waals surface area contributed by atoms with E-state index < -0.39 is 0 Å². The zero-order valence-electron chi connectivity index (χ0n) is 19.6. The van der Waals surface area contributed by atoms with Crippen molar-refractivity contribution >= 4 is 22.7 Å². The molecule has 1 aliphatic heterocycles. The molecular weight excluding hydrogens is 436 g/mol. The predicted molar refractivity (Wildman–Crippen MR) is 137 cm³/mol. The highest BCUT2D eigenvalue weighted by Gasteiger charge is 2.26. The van der Waals surface area contributed by atoms with Crippen LogP contribution in [0.2, 0.25) is 0 Å². The van der Waals surface area contributed by atoms with Gasteiger partial charge in [-0.05, 0) is 42.7 Å². The van der Waals surface area contributed by atoms with Gasteiger partial charge in [0.2, 0.25) is 5.91 Å². The van der Waals surface area contributed by atoms with Crippen LogP contribution in [0.15, 0.2) is 85.2 Å². The fourth-order valence-corrected chi connectivity index (χ4v) is 4.59. The predicted octanol–water partition coefficient (Wildman–Crippen LogP) is 4.60. The van der Waals surface area contributed by atoms with E-state index in [1.54, 1.807) is 12.4 Å². The summed E-state index contributed by atoms with van der Waals surface area (Å²) >= 11 is 0. The molecule has 5 rings (SSSR count). The minimum absolute atomic E-state index is 0.0232. The SMILES string of the molecule is O=C(CCCc1ccccc1)N1CCN(C(=O)c2cc(-c3cccnc3)nc3ccccc23)CC1. The lowest BCUT2D eigenvalue weighted by atomic mass is 10.0. The Hall–Kier alpha value is -4.06. The highest BCUT2D eigenvalue weighted by atomic mass is 16.2. The topological polar surface area (TPSA) is 66.4 Å². The molecule has 0 radical (unpaired) electrons. The van der Waals surface area contributed by atoms with Crippen LogP contribution in [0.4, 0.5) is 0 Å². The van der Waals surface area contributed by atoms with Gasteiger partial charge in [-0.1, -0.05) is 48.5 Å². The molecule has 1 saturated heterocycles.